The quantitative estimate of drug-likeness (QED) is 0.710. The number of imidazole rings is 1. The summed E-state index contributed by atoms with van der Waals surface area (Å²) in [6, 6.07) is 6.57. The molecular weight excluding hydrogens is 291 g/mol. The van der Waals surface area contributed by atoms with Crippen molar-refractivity contribution in [3.8, 4) is 0 Å². The molecule has 1 aromatic heterocycles. The Morgan fingerprint density at radius 2 is 2.10 bits per heavy atom. The Morgan fingerprint density at radius 3 is 2.85 bits per heavy atom. The number of fused-ring (bicyclic) bond motifs is 1. The minimum absolute atomic E-state index is 0.549. The van der Waals surface area contributed by atoms with Gasteiger partial charge in [-0.3, -0.25) is 0 Å². The number of hydrogen-bond donors (Lipinski definition) is 0. The lowest BCUT2D eigenvalue weighted by atomic mass is 9.85. The number of rotatable bonds is 3. The first kappa shape index (κ1) is 14.2. The molecule has 1 aliphatic carbocycles. The first-order valence-corrected chi connectivity index (χ1v) is 8.34. The number of alkyl halides is 1. The molecule has 0 saturated heterocycles. The molecule has 1 heterocycles. The summed E-state index contributed by atoms with van der Waals surface area (Å²) in [5.74, 6) is 2.42. The zero-order chi connectivity index (χ0) is 14.1. The molecule has 108 valence electrons. The highest BCUT2D eigenvalue weighted by Gasteiger charge is 2.26. The number of benzene rings is 1. The van der Waals surface area contributed by atoms with E-state index in [9.17, 15) is 0 Å². The SMILES string of the molecule is CC1CCCCC1n1c(CCCl)nc2cc(Cl)ccc21. The van der Waals surface area contributed by atoms with Gasteiger partial charge in [0.2, 0.25) is 0 Å². The number of nitrogens with zero attached hydrogens (tertiary/aromatic N) is 2. The number of aryl methyl sites for hydroxylation is 1. The molecule has 4 heteroatoms. The van der Waals surface area contributed by atoms with E-state index in [0.29, 0.717) is 17.8 Å². The summed E-state index contributed by atoms with van der Waals surface area (Å²) in [7, 11) is 0. The highest BCUT2D eigenvalue weighted by Crippen LogP contribution is 2.37. The van der Waals surface area contributed by atoms with Crippen LogP contribution in [0.15, 0.2) is 18.2 Å². The summed E-state index contributed by atoms with van der Waals surface area (Å²) >= 11 is 12.1. The molecule has 2 nitrogen and oxygen atoms in total. The van der Waals surface area contributed by atoms with Gasteiger partial charge in [-0.25, -0.2) is 4.98 Å². The molecule has 0 N–H and O–H groups in total. The van der Waals surface area contributed by atoms with Gasteiger partial charge in [-0.05, 0) is 37.0 Å². The minimum atomic E-state index is 0.549. The van der Waals surface area contributed by atoms with E-state index in [1.165, 1.54) is 31.2 Å². The molecule has 1 aromatic carbocycles. The third kappa shape index (κ3) is 2.56. The summed E-state index contributed by atoms with van der Waals surface area (Å²) in [6.07, 6.45) is 6.02. The van der Waals surface area contributed by atoms with Gasteiger partial charge in [0, 0.05) is 23.4 Å². The third-order valence-corrected chi connectivity index (χ3v) is 4.86. The van der Waals surface area contributed by atoms with Crippen LogP contribution in [0, 0.1) is 5.92 Å². The van der Waals surface area contributed by atoms with Crippen LogP contribution in [0.3, 0.4) is 0 Å². The van der Waals surface area contributed by atoms with E-state index >= 15 is 0 Å². The maximum atomic E-state index is 6.10. The number of hydrogen-bond acceptors (Lipinski definition) is 1. The molecule has 0 bridgehead atoms. The van der Waals surface area contributed by atoms with E-state index in [1.807, 2.05) is 12.1 Å². The van der Waals surface area contributed by atoms with Crippen molar-refractivity contribution in [2.75, 3.05) is 5.88 Å². The van der Waals surface area contributed by atoms with Gasteiger partial charge >= 0.3 is 0 Å². The van der Waals surface area contributed by atoms with Gasteiger partial charge in [-0.1, -0.05) is 31.4 Å². The third-order valence-electron chi connectivity index (χ3n) is 4.44. The Morgan fingerprint density at radius 1 is 1.30 bits per heavy atom. The van der Waals surface area contributed by atoms with Crippen molar-refractivity contribution < 1.29 is 0 Å². The zero-order valence-corrected chi connectivity index (χ0v) is 13.3. The second kappa shape index (κ2) is 5.95. The number of halogens is 2. The fraction of sp³-hybridized carbons (Fsp3) is 0.562. The van der Waals surface area contributed by atoms with Crippen LogP contribution in [0.1, 0.15) is 44.5 Å². The molecule has 20 heavy (non-hydrogen) atoms. The van der Waals surface area contributed by atoms with Gasteiger partial charge < -0.3 is 4.57 Å². The molecule has 0 amide bonds. The van der Waals surface area contributed by atoms with Gasteiger partial charge in [0.25, 0.3) is 0 Å². The summed E-state index contributed by atoms with van der Waals surface area (Å²) in [5, 5.41) is 0.747. The molecule has 0 aliphatic heterocycles. The van der Waals surface area contributed by atoms with Crippen molar-refractivity contribution >= 4 is 34.2 Å². The summed E-state index contributed by atoms with van der Waals surface area (Å²) in [4.78, 5) is 4.77. The standard InChI is InChI=1S/C16H20Cl2N2/c1-11-4-2-3-5-14(11)20-15-7-6-12(18)10-13(15)19-16(20)8-9-17/h6-7,10-11,14H,2-5,8-9H2,1H3. The van der Waals surface area contributed by atoms with E-state index in [1.54, 1.807) is 0 Å². The van der Waals surface area contributed by atoms with Crippen molar-refractivity contribution in [1.82, 2.24) is 9.55 Å². The Balaban J connectivity index is 2.12. The first-order valence-electron chi connectivity index (χ1n) is 7.43. The van der Waals surface area contributed by atoms with Crippen LogP contribution in [0.4, 0.5) is 0 Å². The van der Waals surface area contributed by atoms with Gasteiger partial charge in [-0.2, -0.15) is 0 Å². The molecule has 2 aromatic rings. The number of aromatic nitrogens is 2. The molecule has 0 spiro atoms. The monoisotopic (exact) mass is 310 g/mol. The highest BCUT2D eigenvalue weighted by atomic mass is 35.5. The van der Waals surface area contributed by atoms with Crippen LogP contribution in [0.25, 0.3) is 11.0 Å². The predicted octanol–water partition coefficient (Wildman–Crippen LogP) is 5.22. The molecular formula is C16H20Cl2N2. The molecule has 1 aliphatic rings. The molecule has 1 saturated carbocycles. The predicted molar refractivity (Wildman–Crippen MR) is 85.8 cm³/mol. The lowest BCUT2D eigenvalue weighted by Crippen LogP contribution is -2.23. The van der Waals surface area contributed by atoms with Crippen molar-refractivity contribution in [2.45, 2.75) is 45.1 Å². The molecule has 2 unspecified atom stereocenters. The Labute approximate surface area is 130 Å². The Hall–Kier alpha value is -0.730. The largest absolute Gasteiger partial charge is 0.325 e. The fourth-order valence-corrected chi connectivity index (χ4v) is 3.77. The molecule has 3 rings (SSSR count). The molecule has 0 radical (unpaired) electrons. The average molecular weight is 311 g/mol. The lowest BCUT2D eigenvalue weighted by Gasteiger charge is -2.31. The summed E-state index contributed by atoms with van der Waals surface area (Å²) in [5.41, 5.74) is 2.20. The van der Waals surface area contributed by atoms with Crippen LogP contribution in [0.2, 0.25) is 5.02 Å². The topological polar surface area (TPSA) is 17.8 Å². The van der Waals surface area contributed by atoms with E-state index < -0.39 is 0 Å². The highest BCUT2D eigenvalue weighted by molar-refractivity contribution is 6.31. The van der Waals surface area contributed by atoms with E-state index in [2.05, 4.69) is 17.6 Å². The van der Waals surface area contributed by atoms with Gasteiger partial charge in [0.1, 0.15) is 5.82 Å². The van der Waals surface area contributed by atoms with Crippen LogP contribution in [-0.2, 0) is 6.42 Å². The van der Waals surface area contributed by atoms with E-state index in [4.69, 9.17) is 28.2 Å². The molecule has 2 atom stereocenters. The fourth-order valence-electron chi connectivity index (χ4n) is 3.43. The van der Waals surface area contributed by atoms with Crippen molar-refractivity contribution in [1.29, 1.82) is 0 Å². The van der Waals surface area contributed by atoms with Gasteiger partial charge in [0.15, 0.2) is 0 Å². The average Bonchev–Trinajstić information content (AvgIpc) is 2.77. The normalized spacial score (nSPS) is 23.4. The summed E-state index contributed by atoms with van der Waals surface area (Å²) in [6.45, 7) is 2.36. The maximum Gasteiger partial charge on any atom is 0.111 e. The Kier molecular flexibility index (Phi) is 4.23. The van der Waals surface area contributed by atoms with E-state index in [-0.39, 0.29) is 0 Å². The van der Waals surface area contributed by atoms with Crippen LogP contribution in [0.5, 0.6) is 0 Å². The second-order valence-corrected chi connectivity index (χ2v) is 6.61. The maximum absolute atomic E-state index is 6.10. The van der Waals surface area contributed by atoms with Crippen LogP contribution in [-0.4, -0.2) is 15.4 Å². The van der Waals surface area contributed by atoms with Crippen molar-refractivity contribution in [3.05, 3.63) is 29.0 Å². The zero-order valence-electron chi connectivity index (χ0n) is 11.8. The lowest BCUT2D eigenvalue weighted by molar-refractivity contribution is 0.258. The van der Waals surface area contributed by atoms with Crippen LogP contribution >= 0.6 is 23.2 Å². The smallest absolute Gasteiger partial charge is 0.111 e. The van der Waals surface area contributed by atoms with Gasteiger partial charge in [0.05, 0.1) is 11.0 Å². The van der Waals surface area contributed by atoms with Gasteiger partial charge in [-0.15, -0.1) is 11.6 Å². The first-order chi connectivity index (χ1) is 9.70. The minimum Gasteiger partial charge on any atom is -0.325 e. The van der Waals surface area contributed by atoms with Crippen molar-refractivity contribution in [2.24, 2.45) is 5.92 Å². The van der Waals surface area contributed by atoms with E-state index in [0.717, 1.165) is 22.8 Å². The second-order valence-electron chi connectivity index (χ2n) is 5.80. The van der Waals surface area contributed by atoms with Crippen molar-refractivity contribution in [3.63, 3.8) is 0 Å². The van der Waals surface area contributed by atoms with Crippen LogP contribution < -0.4 is 0 Å². The molecule has 1 fully saturated rings. The summed E-state index contributed by atoms with van der Waals surface area (Å²) < 4.78 is 2.43. The Bertz CT molecular complexity index is 606.